The van der Waals surface area contributed by atoms with Crippen molar-refractivity contribution in [3.8, 4) is 0 Å². The Bertz CT molecular complexity index is 193. The molecule has 4 nitrogen and oxygen atoms in total. The molecule has 1 rings (SSSR count). The number of aliphatic hydroxyl groups is 1. The second-order valence-electron chi connectivity index (χ2n) is 4.00. The van der Waals surface area contributed by atoms with E-state index in [0.29, 0.717) is 18.7 Å². The number of ketones is 1. The molecule has 0 aromatic rings. The highest BCUT2D eigenvalue weighted by molar-refractivity contribution is 5.83. The summed E-state index contributed by atoms with van der Waals surface area (Å²) in [6, 6.07) is 0.487. The van der Waals surface area contributed by atoms with Crippen LogP contribution >= 0.6 is 0 Å². The number of nitrogens with zero attached hydrogens (tertiary/aromatic N) is 1. The quantitative estimate of drug-likeness (QED) is 0.635. The number of Topliss-reactive ketones (excluding diaryl/α,β-unsaturated/α-hetero) is 1. The molecule has 14 heavy (non-hydrogen) atoms. The van der Waals surface area contributed by atoms with Gasteiger partial charge in [-0.1, -0.05) is 6.92 Å². The number of hydrogen-bond acceptors (Lipinski definition) is 4. The Morgan fingerprint density at radius 1 is 1.71 bits per heavy atom. The van der Waals surface area contributed by atoms with Gasteiger partial charge in [-0.2, -0.15) is 0 Å². The maximum Gasteiger partial charge on any atom is 0.148 e. The third kappa shape index (κ3) is 3.04. The van der Waals surface area contributed by atoms with Gasteiger partial charge in [-0.25, -0.2) is 0 Å². The first kappa shape index (κ1) is 11.6. The second kappa shape index (κ2) is 5.44. The van der Waals surface area contributed by atoms with E-state index in [1.807, 2.05) is 7.05 Å². The second-order valence-corrected chi connectivity index (χ2v) is 4.00. The predicted octanol–water partition coefficient (Wildman–Crippen LogP) is -0.380. The van der Waals surface area contributed by atoms with Crippen molar-refractivity contribution in [1.82, 2.24) is 10.2 Å². The summed E-state index contributed by atoms with van der Waals surface area (Å²) < 4.78 is 0. The average Bonchev–Trinajstić information content (AvgIpc) is 2.53. The van der Waals surface area contributed by atoms with Crippen LogP contribution in [0.4, 0.5) is 0 Å². The van der Waals surface area contributed by atoms with Crippen molar-refractivity contribution in [2.45, 2.75) is 31.8 Å². The summed E-state index contributed by atoms with van der Waals surface area (Å²) in [6.45, 7) is 3.59. The number of likely N-dealkylation sites (N-methyl/N-ethyl adjacent to an activating group) is 1. The van der Waals surface area contributed by atoms with Crippen LogP contribution in [-0.4, -0.2) is 54.6 Å². The van der Waals surface area contributed by atoms with E-state index in [-0.39, 0.29) is 18.7 Å². The van der Waals surface area contributed by atoms with Crippen LogP contribution in [0.1, 0.15) is 19.8 Å². The Kier molecular flexibility index (Phi) is 4.51. The molecule has 0 spiro atoms. The first-order valence-electron chi connectivity index (χ1n) is 5.23. The van der Waals surface area contributed by atoms with Gasteiger partial charge in [-0.15, -0.1) is 0 Å². The van der Waals surface area contributed by atoms with Crippen LogP contribution in [0.25, 0.3) is 0 Å². The van der Waals surface area contributed by atoms with Crippen molar-refractivity contribution in [2.24, 2.45) is 0 Å². The lowest BCUT2D eigenvalue weighted by Gasteiger charge is -2.27. The summed E-state index contributed by atoms with van der Waals surface area (Å²) in [6.07, 6.45) is 1.57. The normalized spacial score (nSPS) is 24.6. The van der Waals surface area contributed by atoms with E-state index in [1.165, 1.54) is 0 Å². The summed E-state index contributed by atoms with van der Waals surface area (Å²) in [5, 5.41) is 12.3. The highest BCUT2D eigenvalue weighted by Gasteiger charge is 2.24. The lowest BCUT2D eigenvalue weighted by atomic mass is 10.1. The Labute approximate surface area is 85.3 Å². The Morgan fingerprint density at radius 2 is 2.43 bits per heavy atom. The number of rotatable bonds is 5. The van der Waals surface area contributed by atoms with Crippen LogP contribution in [0.5, 0.6) is 0 Å². The molecule has 1 heterocycles. The van der Waals surface area contributed by atoms with E-state index >= 15 is 0 Å². The molecule has 0 saturated carbocycles. The number of aliphatic hydroxyl groups excluding tert-OH is 1. The van der Waals surface area contributed by atoms with Gasteiger partial charge in [-0.05, 0) is 13.5 Å². The average molecular weight is 200 g/mol. The zero-order valence-electron chi connectivity index (χ0n) is 8.99. The van der Waals surface area contributed by atoms with E-state index in [4.69, 9.17) is 5.11 Å². The first-order valence-corrected chi connectivity index (χ1v) is 5.23. The van der Waals surface area contributed by atoms with Crippen LogP contribution in [0.15, 0.2) is 0 Å². The summed E-state index contributed by atoms with van der Waals surface area (Å²) in [5.74, 6) is 0.292. The van der Waals surface area contributed by atoms with Gasteiger partial charge in [0.1, 0.15) is 5.78 Å². The minimum Gasteiger partial charge on any atom is -0.395 e. The highest BCUT2D eigenvalue weighted by Crippen LogP contribution is 2.07. The fourth-order valence-electron chi connectivity index (χ4n) is 1.88. The van der Waals surface area contributed by atoms with E-state index in [9.17, 15) is 4.79 Å². The lowest BCUT2D eigenvalue weighted by Crippen LogP contribution is -2.42. The van der Waals surface area contributed by atoms with Crippen molar-refractivity contribution in [3.63, 3.8) is 0 Å². The van der Waals surface area contributed by atoms with Crippen molar-refractivity contribution in [1.29, 1.82) is 0 Å². The van der Waals surface area contributed by atoms with E-state index < -0.39 is 0 Å². The summed E-state index contributed by atoms with van der Waals surface area (Å²) in [4.78, 5) is 13.1. The van der Waals surface area contributed by atoms with Gasteiger partial charge in [0.05, 0.1) is 13.2 Å². The monoisotopic (exact) mass is 200 g/mol. The Hall–Kier alpha value is -0.450. The minimum atomic E-state index is 0.188. The fraction of sp³-hybridized carbons (Fsp3) is 0.900. The highest BCUT2D eigenvalue weighted by atomic mass is 16.3. The van der Waals surface area contributed by atoms with Gasteiger partial charge < -0.3 is 10.4 Å². The summed E-state index contributed by atoms with van der Waals surface area (Å²) >= 11 is 0. The topological polar surface area (TPSA) is 52.6 Å². The zero-order chi connectivity index (χ0) is 10.6. The van der Waals surface area contributed by atoms with Crippen molar-refractivity contribution < 1.29 is 9.90 Å². The minimum absolute atomic E-state index is 0.188. The molecule has 0 aliphatic carbocycles. The van der Waals surface area contributed by atoms with Gasteiger partial charge in [0.2, 0.25) is 0 Å². The van der Waals surface area contributed by atoms with Gasteiger partial charge >= 0.3 is 0 Å². The largest absolute Gasteiger partial charge is 0.395 e. The molecule has 4 heteroatoms. The molecule has 1 aliphatic rings. The molecular formula is C10H20N2O2. The van der Waals surface area contributed by atoms with Gasteiger partial charge in [0.25, 0.3) is 0 Å². The van der Waals surface area contributed by atoms with Gasteiger partial charge in [0, 0.05) is 25.0 Å². The van der Waals surface area contributed by atoms with Crippen LogP contribution < -0.4 is 5.32 Å². The number of hydrogen-bond donors (Lipinski definition) is 2. The smallest absolute Gasteiger partial charge is 0.148 e. The molecule has 2 atom stereocenters. The molecule has 1 fully saturated rings. The molecule has 1 aliphatic heterocycles. The Morgan fingerprint density at radius 3 is 2.86 bits per heavy atom. The molecular weight excluding hydrogens is 180 g/mol. The number of nitrogens with one attached hydrogen (secondary N) is 1. The van der Waals surface area contributed by atoms with Crippen molar-refractivity contribution >= 4 is 5.78 Å². The maximum absolute atomic E-state index is 11.0. The molecule has 1 saturated heterocycles. The number of carbonyl (C=O) groups excluding carboxylic acids is 1. The molecule has 0 bridgehead atoms. The molecule has 2 N–H and O–H groups in total. The van der Waals surface area contributed by atoms with E-state index in [0.717, 1.165) is 13.0 Å². The number of carbonyl (C=O) groups is 1. The molecule has 0 radical (unpaired) electrons. The fourth-order valence-corrected chi connectivity index (χ4v) is 1.88. The zero-order valence-corrected chi connectivity index (χ0v) is 8.99. The van der Waals surface area contributed by atoms with Crippen LogP contribution in [0.3, 0.4) is 0 Å². The molecule has 0 aromatic carbocycles. The molecule has 2 unspecified atom stereocenters. The Balaban J connectivity index is 2.32. The molecule has 0 aromatic heterocycles. The SMILES string of the molecule is CCC(CO)N(C)CC1CC(=O)CN1. The standard InChI is InChI=1S/C10H20N2O2/c1-3-9(7-13)12(2)6-8-4-10(14)5-11-8/h8-9,11,13H,3-7H2,1-2H3. The van der Waals surface area contributed by atoms with E-state index in [2.05, 4.69) is 17.1 Å². The van der Waals surface area contributed by atoms with Crippen LogP contribution in [-0.2, 0) is 4.79 Å². The van der Waals surface area contributed by atoms with Gasteiger partial charge in [0.15, 0.2) is 0 Å². The van der Waals surface area contributed by atoms with Crippen molar-refractivity contribution in [2.75, 3.05) is 26.7 Å². The summed E-state index contributed by atoms with van der Waals surface area (Å²) in [7, 11) is 1.99. The predicted molar refractivity (Wildman–Crippen MR) is 55.2 cm³/mol. The van der Waals surface area contributed by atoms with Crippen molar-refractivity contribution in [3.05, 3.63) is 0 Å². The van der Waals surface area contributed by atoms with Crippen LogP contribution in [0, 0.1) is 0 Å². The van der Waals surface area contributed by atoms with E-state index in [1.54, 1.807) is 0 Å². The maximum atomic E-state index is 11.0. The summed E-state index contributed by atoms with van der Waals surface area (Å²) in [5.41, 5.74) is 0. The third-order valence-electron chi connectivity index (χ3n) is 2.88. The van der Waals surface area contributed by atoms with Crippen LogP contribution in [0.2, 0.25) is 0 Å². The molecule has 82 valence electrons. The molecule has 0 amide bonds. The first-order chi connectivity index (χ1) is 6.67. The third-order valence-corrected chi connectivity index (χ3v) is 2.88. The lowest BCUT2D eigenvalue weighted by molar-refractivity contribution is -0.116. The van der Waals surface area contributed by atoms with Gasteiger partial charge in [-0.3, -0.25) is 9.69 Å².